The Bertz CT molecular complexity index is 1490. The molecule has 276 valence electrons. The number of amides is 1. The van der Waals surface area contributed by atoms with Crippen molar-refractivity contribution >= 4 is 57.7 Å². The van der Waals surface area contributed by atoms with Gasteiger partial charge in [0.1, 0.15) is 22.3 Å². The Labute approximate surface area is 316 Å². The summed E-state index contributed by atoms with van der Waals surface area (Å²) in [7, 11) is 0.268. The van der Waals surface area contributed by atoms with Gasteiger partial charge in [0.2, 0.25) is 0 Å². The molecule has 5 unspecified atom stereocenters. The number of methoxy groups -OCH3 is 1. The fourth-order valence-corrected chi connectivity index (χ4v) is 11.4. The minimum absolute atomic E-state index is 0.109. The molecule has 50 heavy (non-hydrogen) atoms. The van der Waals surface area contributed by atoms with Crippen LogP contribution in [0.4, 0.5) is 5.69 Å². The van der Waals surface area contributed by atoms with Crippen LogP contribution in [0, 0.1) is 11.8 Å². The van der Waals surface area contributed by atoms with Crippen molar-refractivity contribution in [3.05, 3.63) is 70.3 Å². The van der Waals surface area contributed by atoms with E-state index in [9.17, 15) is 9.00 Å². The summed E-state index contributed by atoms with van der Waals surface area (Å²) in [5.41, 5.74) is 3.52. The first-order valence-electron chi connectivity index (χ1n) is 18.3. The molecule has 7 nitrogen and oxygen atoms in total. The Hall–Kier alpha value is -1.69. The van der Waals surface area contributed by atoms with E-state index in [1.807, 2.05) is 55.6 Å². The van der Waals surface area contributed by atoms with Crippen LogP contribution in [0.15, 0.2) is 48.6 Å². The van der Waals surface area contributed by atoms with Crippen LogP contribution in [0.3, 0.4) is 0 Å². The summed E-state index contributed by atoms with van der Waals surface area (Å²) in [5.74, 6) is 3.54. The maximum Gasteiger partial charge on any atom is 0.263 e. The zero-order valence-electron chi connectivity index (χ0n) is 30.3. The molecule has 11 heteroatoms. The highest BCUT2D eigenvalue weighted by Crippen LogP contribution is 2.54. The summed E-state index contributed by atoms with van der Waals surface area (Å²) in [6.45, 7) is 11.3. The fourth-order valence-electron chi connectivity index (χ4n) is 7.34. The molecule has 0 radical (unpaired) electrons. The third kappa shape index (κ3) is 9.45. The Morgan fingerprint density at radius 1 is 1.16 bits per heavy atom. The van der Waals surface area contributed by atoms with E-state index in [-0.39, 0.29) is 17.1 Å². The highest BCUT2D eigenvalue weighted by Gasteiger charge is 2.53. The number of halogens is 1. The van der Waals surface area contributed by atoms with Gasteiger partial charge in [-0.15, -0.1) is 23.5 Å². The Balaban J connectivity index is 1.52. The molecule has 0 spiro atoms. The molecule has 2 aromatic rings. The van der Waals surface area contributed by atoms with E-state index in [0.717, 1.165) is 73.2 Å². The topological polar surface area (TPSA) is 77.1 Å². The van der Waals surface area contributed by atoms with E-state index in [0.29, 0.717) is 41.8 Å². The second kappa shape index (κ2) is 18.9. The standard InChI is InChI=1S/C39H55ClN2O5S3/c1-6-8-17-39(47-19-18-45-5,38-48-20-9-21-49-38)34-15-11-30(34)24-42-25-31(33-14-13-32(40)22-28(33)10-7-2)26-46-36-16-12-29(23-35(36)42)37(43)41-50(44)27(3)4/h8,12-14,16-17,22-23,27,30-31,34,38H,6-7,9-11,15,18-21,24-26H2,1-5H3,(H,41,43)/b17-8+. The second-order valence-electron chi connectivity index (χ2n) is 13.8. The molecule has 5 rings (SSSR count). The highest BCUT2D eigenvalue weighted by molar-refractivity contribution is 8.17. The number of fused-ring (bicyclic) bond motifs is 1. The van der Waals surface area contributed by atoms with Crippen LogP contribution >= 0.6 is 35.1 Å². The molecule has 1 amide bonds. The molecule has 1 N–H and O–H groups in total. The molecule has 1 aliphatic carbocycles. The van der Waals surface area contributed by atoms with E-state index < -0.39 is 16.6 Å². The van der Waals surface area contributed by atoms with Crippen molar-refractivity contribution < 1.29 is 23.2 Å². The SMILES string of the molecule is CC/C=C/C(OCCOC)(C1SCCCS1)C1CCC1CN1CC(c2ccc(Cl)cc2CCC)COc2ccc(C(=O)NS(=O)C(C)C)cc21. The summed E-state index contributed by atoms with van der Waals surface area (Å²) in [6, 6.07) is 11.9. The smallest absolute Gasteiger partial charge is 0.263 e. The van der Waals surface area contributed by atoms with Gasteiger partial charge in [-0.3, -0.25) is 9.52 Å². The lowest BCUT2D eigenvalue weighted by atomic mass is 9.64. The lowest BCUT2D eigenvalue weighted by Gasteiger charge is -2.53. The third-order valence-electron chi connectivity index (χ3n) is 10.0. The van der Waals surface area contributed by atoms with Crippen LogP contribution in [-0.2, 0) is 26.9 Å². The van der Waals surface area contributed by atoms with Gasteiger partial charge in [0, 0.05) is 42.0 Å². The van der Waals surface area contributed by atoms with Crippen LogP contribution in [0.5, 0.6) is 5.75 Å². The number of ether oxygens (including phenoxy) is 3. The first-order chi connectivity index (χ1) is 24.2. The van der Waals surface area contributed by atoms with Crippen LogP contribution in [0.25, 0.3) is 0 Å². The third-order valence-corrected chi connectivity index (χ3v) is 14.7. The zero-order valence-corrected chi connectivity index (χ0v) is 33.5. The molecule has 5 atom stereocenters. The quantitative estimate of drug-likeness (QED) is 0.135. The van der Waals surface area contributed by atoms with Crippen molar-refractivity contribution in [2.24, 2.45) is 11.8 Å². The minimum Gasteiger partial charge on any atom is -0.491 e. The molecular weight excluding hydrogens is 708 g/mol. The largest absolute Gasteiger partial charge is 0.491 e. The Kier molecular flexibility index (Phi) is 14.9. The van der Waals surface area contributed by atoms with Gasteiger partial charge in [-0.1, -0.05) is 50.1 Å². The zero-order chi connectivity index (χ0) is 35.7. The highest BCUT2D eigenvalue weighted by atomic mass is 35.5. The molecule has 1 saturated carbocycles. The summed E-state index contributed by atoms with van der Waals surface area (Å²) in [4.78, 5) is 15.8. The second-order valence-corrected chi connectivity index (χ2v) is 18.7. The summed E-state index contributed by atoms with van der Waals surface area (Å²) in [6.07, 6.45) is 11.1. The first kappa shape index (κ1) is 39.5. The number of carbonyl (C=O) groups excluding carboxylic acids is 1. The number of nitrogens with one attached hydrogen (secondary N) is 1. The van der Waals surface area contributed by atoms with Gasteiger partial charge in [0.25, 0.3) is 5.91 Å². The van der Waals surface area contributed by atoms with Crippen molar-refractivity contribution in [3.63, 3.8) is 0 Å². The van der Waals surface area contributed by atoms with Gasteiger partial charge in [-0.25, -0.2) is 4.21 Å². The molecular formula is C39H55ClN2O5S3. The number of aryl methyl sites for hydroxylation is 1. The normalized spacial score (nSPS) is 23.1. The average molecular weight is 764 g/mol. The average Bonchev–Trinajstić information content (AvgIpc) is 3.28. The fraction of sp³-hybridized carbons (Fsp3) is 0.615. The van der Waals surface area contributed by atoms with Gasteiger partial charge >= 0.3 is 0 Å². The summed E-state index contributed by atoms with van der Waals surface area (Å²) >= 11 is 10.6. The monoisotopic (exact) mass is 762 g/mol. The molecule has 3 aliphatic rings. The van der Waals surface area contributed by atoms with Crippen molar-refractivity contribution in [2.75, 3.05) is 56.4 Å². The molecule has 2 fully saturated rings. The summed E-state index contributed by atoms with van der Waals surface area (Å²) in [5, 5.41) is 0.572. The number of carbonyl (C=O) groups is 1. The molecule has 2 heterocycles. The van der Waals surface area contributed by atoms with Gasteiger partial charge in [-0.2, -0.15) is 0 Å². The van der Waals surface area contributed by atoms with Crippen LogP contribution in [-0.4, -0.2) is 77.1 Å². The van der Waals surface area contributed by atoms with Crippen LogP contribution < -0.4 is 14.4 Å². The van der Waals surface area contributed by atoms with Crippen LogP contribution in [0.2, 0.25) is 5.02 Å². The number of benzene rings is 2. The number of hydrogen-bond acceptors (Lipinski definition) is 8. The van der Waals surface area contributed by atoms with Crippen molar-refractivity contribution in [3.8, 4) is 5.75 Å². The molecule has 0 bridgehead atoms. The first-order valence-corrected chi connectivity index (χ1v) is 21.9. The van der Waals surface area contributed by atoms with E-state index in [2.05, 4.69) is 47.8 Å². The van der Waals surface area contributed by atoms with Gasteiger partial charge in [0.15, 0.2) is 0 Å². The predicted molar refractivity (Wildman–Crippen MR) is 213 cm³/mol. The summed E-state index contributed by atoms with van der Waals surface area (Å²) < 4.78 is 34.6. The maximum atomic E-state index is 13.3. The number of thioether (sulfide) groups is 2. The lowest BCUT2D eigenvalue weighted by Crippen LogP contribution is -2.56. The van der Waals surface area contributed by atoms with E-state index in [1.54, 1.807) is 13.2 Å². The van der Waals surface area contributed by atoms with Crippen molar-refractivity contribution in [2.45, 2.75) is 87.6 Å². The van der Waals surface area contributed by atoms with Crippen LogP contribution in [0.1, 0.15) is 87.2 Å². The number of anilines is 1. The van der Waals surface area contributed by atoms with E-state index in [4.69, 9.17) is 25.8 Å². The number of nitrogens with zero attached hydrogens (tertiary/aromatic N) is 1. The maximum absolute atomic E-state index is 13.3. The number of hydrogen-bond donors (Lipinski definition) is 1. The molecule has 2 aromatic carbocycles. The van der Waals surface area contributed by atoms with Gasteiger partial charge in [-0.05, 0) is 111 Å². The Morgan fingerprint density at radius 3 is 2.64 bits per heavy atom. The lowest BCUT2D eigenvalue weighted by molar-refractivity contribution is -0.0981. The number of allylic oxidation sites excluding steroid dienone is 1. The minimum atomic E-state index is -1.47. The number of rotatable bonds is 16. The van der Waals surface area contributed by atoms with E-state index in [1.165, 1.54) is 17.5 Å². The van der Waals surface area contributed by atoms with E-state index >= 15 is 0 Å². The predicted octanol–water partition coefficient (Wildman–Crippen LogP) is 8.67. The van der Waals surface area contributed by atoms with Gasteiger partial charge < -0.3 is 19.1 Å². The Morgan fingerprint density at radius 2 is 1.96 bits per heavy atom. The molecule has 1 saturated heterocycles. The molecule has 0 aromatic heterocycles. The van der Waals surface area contributed by atoms with Gasteiger partial charge in [0.05, 0.1) is 30.1 Å². The van der Waals surface area contributed by atoms with Crippen molar-refractivity contribution in [1.82, 2.24) is 4.72 Å². The molecule has 2 aliphatic heterocycles. The van der Waals surface area contributed by atoms with Crippen molar-refractivity contribution in [1.29, 1.82) is 0 Å².